The van der Waals surface area contributed by atoms with Gasteiger partial charge in [0.2, 0.25) is 5.91 Å². The Morgan fingerprint density at radius 1 is 0.974 bits per heavy atom. The Labute approximate surface area is 227 Å². The van der Waals surface area contributed by atoms with Gasteiger partial charge in [-0.15, -0.1) is 0 Å². The number of methoxy groups -OCH3 is 2. The van der Waals surface area contributed by atoms with Crippen LogP contribution in [0.3, 0.4) is 0 Å². The lowest BCUT2D eigenvalue weighted by molar-refractivity contribution is -0.116. The normalized spacial score (nSPS) is 16.7. The van der Waals surface area contributed by atoms with Gasteiger partial charge in [0.25, 0.3) is 0 Å². The zero-order valence-electron chi connectivity index (χ0n) is 21.2. The number of benzene rings is 2. The number of nitrogens with one attached hydrogen (secondary N) is 2. The van der Waals surface area contributed by atoms with E-state index in [4.69, 9.17) is 21.7 Å². The summed E-state index contributed by atoms with van der Waals surface area (Å²) in [6, 6.07) is 24.7. The fourth-order valence-corrected chi connectivity index (χ4v) is 5.17. The molecular formula is C29H29N5O3S. The van der Waals surface area contributed by atoms with E-state index in [9.17, 15) is 4.79 Å². The molecule has 3 heterocycles. The van der Waals surface area contributed by atoms with Gasteiger partial charge in [0, 0.05) is 31.1 Å². The highest BCUT2D eigenvalue weighted by atomic mass is 32.1. The molecule has 5 rings (SSSR count). The van der Waals surface area contributed by atoms with Crippen LogP contribution in [0.4, 0.5) is 5.69 Å². The lowest BCUT2D eigenvalue weighted by Crippen LogP contribution is -2.33. The molecule has 0 spiro atoms. The lowest BCUT2D eigenvalue weighted by atomic mass is 10.0. The molecular weight excluding hydrogens is 498 g/mol. The summed E-state index contributed by atoms with van der Waals surface area (Å²) in [6.07, 6.45) is 4.02. The second-order valence-electron chi connectivity index (χ2n) is 8.79. The molecule has 0 unspecified atom stereocenters. The van der Waals surface area contributed by atoms with Gasteiger partial charge in [-0.1, -0.05) is 30.3 Å². The first-order chi connectivity index (χ1) is 18.6. The van der Waals surface area contributed by atoms with Crippen LogP contribution in [0, 0.1) is 0 Å². The predicted molar refractivity (Wildman–Crippen MR) is 151 cm³/mol. The third-order valence-corrected chi connectivity index (χ3v) is 6.94. The van der Waals surface area contributed by atoms with E-state index in [-0.39, 0.29) is 24.4 Å². The van der Waals surface area contributed by atoms with Crippen molar-refractivity contribution in [3.05, 3.63) is 103 Å². The van der Waals surface area contributed by atoms with Crippen LogP contribution in [0.1, 0.15) is 29.9 Å². The summed E-state index contributed by atoms with van der Waals surface area (Å²) in [6.45, 7) is 0.415. The average molecular weight is 528 g/mol. The smallest absolute Gasteiger partial charge is 0.226 e. The number of nitrogens with zero attached hydrogens (tertiary/aromatic N) is 3. The number of rotatable bonds is 9. The van der Waals surface area contributed by atoms with E-state index in [0.717, 1.165) is 22.8 Å². The molecule has 2 aromatic carbocycles. The molecule has 38 heavy (non-hydrogen) atoms. The number of carbonyl (C=O) groups excluding carboxylic acids is 1. The molecule has 1 aliphatic heterocycles. The predicted octanol–water partition coefficient (Wildman–Crippen LogP) is 4.89. The van der Waals surface area contributed by atoms with Gasteiger partial charge in [-0.05, 0) is 60.7 Å². The minimum Gasteiger partial charge on any atom is -0.495 e. The molecule has 1 fully saturated rings. The van der Waals surface area contributed by atoms with Gasteiger partial charge in [0.15, 0.2) is 5.11 Å². The van der Waals surface area contributed by atoms with Gasteiger partial charge in [-0.25, -0.2) is 0 Å². The second-order valence-corrected chi connectivity index (χ2v) is 9.18. The van der Waals surface area contributed by atoms with Crippen LogP contribution in [0.5, 0.6) is 11.5 Å². The fraction of sp³-hybridized carbons (Fsp3) is 0.207. The molecule has 0 radical (unpaired) electrons. The van der Waals surface area contributed by atoms with Crippen molar-refractivity contribution in [2.45, 2.75) is 18.5 Å². The van der Waals surface area contributed by atoms with Crippen LogP contribution in [-0.2, 0) is 4.79 Å². The second kappa shape index (κ2) is 11.4. The molecule has 2 aromatic heterocycles. The minimum absolute atomic E-state index is 0.127. The number of hydrogen-bond acceptors (Lipinski definition) is 5. The highest BCUT2D eigenvalue weighted by Crippen LogP contribution is 2.40. The number of thiocarbonyl (C=S) groups is 1. The number of hydrogen-bond donors (Lipinski definition) is 2. The summed E-state index contributed by atoms with van der Waals surface area (Å²) < 4.78 is 13.1. The van der Waals surface area contributed by atoms with Crippen molar-refractivity contribution in [2.75, 3.05) is 26.1 Å². The molecule has 4 aromatic rings. The van der Waals surface area contributed by atoms with Crippen LogP contribution in [-0.4, -0.2) is 46.2 Å². The highest BCUT2D eigenvalue weighted by molar-refractivity contribution is 7.80. The van der Waals surface area contributed by atoms with Gasteiger partial charge >= 0.3 is 0 Å². The molecule has 1 amide bonds. The molecule has 2 N–H and O–H groups in total. The Morgan fingerprint density at radius 3 is 2.47 bits per heavy atom. The summed E-state index contributed by atoms with van der Waals surface area (Å²) in [5.74, 6) is 1.25. The molecule has 0 aliphatic carbocycles. The first-order valence-corrected chi connectivity index (χ1v) is 12.7. The fourth-order valence-electron chi connectivity index (χ4n) is 4.83. The monoisotopic (exact) mass is 527 g/mol. The third kappa shape index (κ3) is 5.05. The first kappa shape index (κ1) is 25.3. The van der Waals surface area contributed by atoms with Crippen LogP contribution in [0.2, 0.25) is 0 Å². The van der Waals surface area contributed by atoms with Gasteiger partial charge in [-0.3, -0.25) is 9.78 Å². The Morgan fingerprint density at radius 2 is 1.71 bits per heavy atom. The molecule has 2 atom stereocenters. The maximum atomic E-state index is 13.0. The maximum Gasteiger partial charge on any atom is 0.226 e. The van der Waals surface area contributed by atoms with Gasteiger partial charge < -0.3 is 29.6 Å². The van der Waals surface area contributed by atoms with Crippen LogP contribution >= 0.6 is 12.2 Å². The lowest BCUT2D eigenvalue weighted by Gasteiger charge is -2.29. The van der Waals surface area contributed by atoms with Gasteiger partial charge in [-0.2, -0.15) is 0 Å². The molecule has 0 saturated carbocycles. The van der Waals surface area contributed by atoms with E-state index in [1.165, 1.54) is 0 Å². The average Bonchev–Trinajstić information content (AvgIpc) is 3.56. The van der Waals surface area contributed by atoms with E-state index in [1.807, 2.05) is 79.0 Å². The van der Waals surface area contributed by atoms with E-state index in [1.54, 1.807) is 20.4 Å². The molecule has 8 nitrogen and oxygen atoms in total. The van der Waals surface area contributed by atoms with E-state index in [2.05, 4.69) is 31.2 Å². The van der Waals surface area contributed by atoms with Crippen molar-refractivity contribution < 1.29 is 14.3 Å². The van der Waals surface area contributed by atoms with Crippen LogP contribution < -0.4 is 20.1 Å². The largest absolute Gasteiger partial charge is 0.495 e. The van der Waals surface area contributed by atoms with Crippen LogP contribution in [0.15, 0.2) is 91.3 Å². The molecule has 0 bridgehead atoms. The maximum absolute atomic E-state index is 13.0. The van der Waals surface area contributed by atoms with Crippen molar-refractivity contribution in [3.63, 3.8) is 0 Å². The molecule has 9 heteroatoms. The summed E-state index contributed by atoms with van der Waals surface area (Å²) in [5.41, 5.74) is 3.42. The zero-order chi connectivity index (χ0) is 26.5. The number of aromatic nitrogens is 2. The summed E-state index contributed by atoms with van der Waals surface area (Å²) in [4.78, 5) is 19.7. The first-order valence-electron chi connectivity index (χ1n) is 12.3. The Kier molecular flexibility index (Phi) is 7.55. The Balaban J connectivity index is 1.46. The van der Waals surface area contributed by atoms with Gasteiger partial charge in [0.1, 0.15) is 11.5 Å². The van der Waals surface area contributed by atoms with Crippen molar-refractivity contribution in [2.24, 2.45) is 0 Å². The quantitative estimate of drug-likeness (QED) is 0.300. The van der Waals surface area contributed by atoms with E-state index >= 15 is 0 Å². The van der Waals surface area contributed by atoms with E-state index in [0.29, 0.717) is 23.1 Å². The zero-order valence-corrected chi connectivity index (χ0v) is 22.0. The molecule has 194 valence electrons. The Hall–Kier alpha value is -4.37. The SMILES string of the molecule is COc1ccccc1NC(=O)CCN1C(=S)N[C@H](c2ccccn2)[C@@H]1c1cccn1-c1ccccc1OC. The number of amides is 1. The summed E-state index contributed by atoms with van der Waals surface area (Å²) >= 11 is 5.80. The van der Waals surface area contributed by atoms with Crippen molar-refractivity contribution in [1.82, 2.24) is 19.8 Å². The number of pyridine rings is 1. The Bertz CT molecular complexity index is 1420. The van der Waals surface area contributed by atoms with Gasteiger partial charge in [0.05, 0.1) is 43.4 Å². The molecule has 1 saturated heterocycles. The number of para-hydroxylation sites is 4. The number of ether oxygens (including phenoxy) is 2. The van der Waals surface area contributed by atoms with Crippen molar-refractivity contribution in [3.8, 4) is 17.2 Å². The molecule has 1 aliphatic rings. The minimum atomic E-state index is -0.212. The topological polar surface area (TPSA) is 80.7 Å². The van der Waals surface area contributed by atoms with Crippen LogP contribution in [0.25, 0.3) is 5.69 Å². The van der Waals surface area contributed by atoms with Crippen molar-refractivity contribution >= 4 is 28.9 Å². The van der Waals surface area contributed by atoms with Crippen molar-refractivity contribution in [1.29, 1.82) is 0 Å². The highest BCUT2D eigenvalue weighted by Gasteiger charge is 2.41. The summed E-state index contributed by atoms with van der Waals surface area (Å²) in [7, 11) is 3.25. The van der Waals surface area contributed by atoms with E-state index < -0.39 is 0 Å². The third-order valence-electron chi connectivity index (χ3n) is 6.59. The number of anilines is 1. The summed E-state index contributed by atoms with van der Waals surface area (Å²) in [5, 5.41) is 6.99. The standard InChI is InChI=1S/C29H29N5O3S/c1-36-24-14-5-3-10-20(24)31-26(35)16-19-34-28(27(32-29(34)38)21-11-7-8-17-30-21)23-13-9-18-33(23)22-12-4-6-15-25(22)37-2/h3-15,17-18,27-28H,16,19H2,1-2H3,(H,31,35)(H,32,38)/t27-,28+/m1/s1. The number of carbonyl (C=O) groups is 1.